The highest BCUT2D eigenvalue weighted by Crippen LogP contribution is 2.10. The largest absolute Gasteiger partial charge is 0.385 e. The Bertz CT molecular complexity index is 673. The lowest BCUT2D eigenvalue weighted by atomic mass is 10.1. The Morgan fingerprint density at radius 3 is 2.64 bits per heavy atom. The van der Waals surface area contributed by atoms with Crippen LogP contribution < -0.4 is 10.6 Å². The van der Waals surface area contributed by atoms with Crippen molar-refractivity contribution in [1.29, 1.82) is 0 Å². The molecule has 2 aromatic rings. The van der Waals surface area contributed by atoms with Gasteiger partial charge in [0.05, 0.1) is 0 Å². The van der Waals surface area contributed by atoms with E-state index in [1.54, 1.807) is 12.3 Å². The lowest BCUT2D eigenvalue weighted by Crippen LogP contribution is -2.26. The number of nitrogens with zero attached hydrogens (tertiary/aromatic N) is 2. The number of carbonyl (C=O) groups excluding carboxylic acids is 1. The molecule has 1 heterocycles. The average molecular weight is 361 g/mol. The Labute approximate surface area is 154 Å². The molecule has 0 aliphatic rings. The predicted molar refractivity (Wildman–Crippen MR) is 103 cm³/mol. The molecule has 5 nitrogen and oxygen atoms in total. The van der Waals surface area contributed by atoms with Crippen molar-refractivity contribution in [3.8, 4) is 0 Å². The minimum absolute atomic E-state index is 0.161. The summed E-state index contributed by atoms with van der Waals surface area (Å²) < 4.78 is 0. The number of halogens is 1. The van der Waals surface area contributed by atoms with Crippen molar-refractivity contribution in [3.05, 3.63) is 58.9 Å². The zero-order valence-corrected chi connectivity index (χ0v) is 15.5. The first kappa shape index (κ1) is 19.2. The molecule has 25 heavy (non-hydrogen) atoms. The lowest BCUT2D eigenvalue weighted by molar-refractivity contribution is 0.0949. The minimum Gasteiger partial charge on any atom is -0.385 e. The van der Waals surface area contributed by atoms with E-state index in [4.69, 9.17) is 11.6 Å². The Balaban J connectivity index is 1.78. The fourth-order valence-corrected chi connectivity index (χ4v) is 2.48. The van der Waals surface area contributed by atoms with Crippen molar-refractivity contribution >= 4 is 23.2 Å². The van der Waals surface area contributed by atoms with E-state index in [0.717, 1.165) is 37.2 Å². The summed E-state index contributed by atoms with van der Waals surface area (Å²) in [6.45, 7) is 2.44. The van der Waals surface area contributed by atoms with Crippen molar-refractivity contribution in [2.45, 2.75) is 12.8 Å². The van der Waals surface area contributed by atoms with Crippen molar-refractivity contribution in [2.24, 2.45) is 0 Å². The van der Waals surface area contributed by atoms with Gasteiger partial charge >= 0.3 is 0 Å². The molecule has 0 fully saturated rings. The van der Waals surface area contributed by atoms with Crippen molar-refractivity contribution < 1.29 is 4.79 Å². The first-order valence-corrected chi connectivity index (χ1v) is 8.79. The second-order valence-electron chi connectivity index (χ2n) is 6.15. The Kier molecular flexibility index (Phi) is 7.70. The molecule has 0 radical (unpaired) electrons. The summed E-state index contributed by atoms with van der Waals surface area (Å²) in [6, 6.07) is 11.3. The summed E-state index contributed by atoms with van der Waals surface area (Å²) >= 11 is 5.87. The third-order valence-electron chi connectivity index (χ3n) is 3.72. The maximum Gasteiger partial charge on any atom is 0.269 e. The summed E-state index contributed by atoms with van der Waals surface area (Å²) in [4.78, 5) is 18.5. The normalized spacial score (nSPS) is 10.7. The van der Waals surface area contributed by atoms with E-state index >= 15 is 0 Å². The summed E-state index contributed by atoms with van der Waals surface area (Å²) in [5.74, 6) is -0.161. The van der Waals surface area contributed by atoms with Crippen LogP contribution in [0.2, 0.25) is 5.02 Å². The standard InChI is InChI=1S/C19H25ClN4O/c1-24(2)13-3-10-21-17-9-12-22-18(14-17)19(25)23-11-8-15-4-6-16(20)7-5-15/h4-7,9,12,14H,3,8,10-11,13H2,1-2H3,(H,21,22)(H,23,25). The highest BCUT2D eigenvalue weighted by Gasteiger charge is 2.07. The van der Waals surface area contributed by atoms with E-state index in [0.29, 0.717) is 17.3 Å². The lowest BCUT2D eigenvalue weighted by Gasteiger charge is -2.11. The minimum atomic E-state index is -0.161. The molecule has 2 rings (SSSR count). The summed E-state index contributed by atoms with van der Waals surface area (Å²) in [6.07, 6.45) is 3.45. The van der Waals surface area contributed by atoms with Crippen LogP contribution in [0, 0.1) is 0 Å². The van der Waals surface area contributed by atoms with Crippen LogP contribution in [0.3, 0.4) is 0 Å². The predicted octanol–water partition coefficient (Wildman–Crippen LogP) is 3.07. The van der Waals surface area contributed by atoms with Gasteiger partial charge in [0, 0.05) is 30.0 Å². The third kappa shape index (κ3) is 7.11. The molecule has 0 saturated heterocycles. The number of benzene rings is 1. The van der Waals surface area contributed by atoms with E-state index in [9.17, 15) is 4.79 Å². The molecule has 1 aromatic heterocycles. The second-order valence-corrected chi connectivity index (χ2v) is 6.58. The quantitative estimate of drug-likeness (QED) is 0.675. The maximum atomic E-state index is 12.2. The van der Waals surface area contributed by atoms with Crippen LogP contribution in [-0.4, -0.2) is 49.5 Å². The smallest absolute Gasteiger partial charge is 0.269 e. The number of hydrogen-bond donors (Lipinski definition) is 2. The number of pyridine rings is 1. The van der Waals surface area contributed by atoms with E-state index in [1.807, 2.05) is 30.3 Å². The van der Waals surface area contributed by atoms with Gasteiger partial charge in [0.2, 0.25) is 0 Å². The molecule has 0 unspecified atom stereocenters. The molecule has 0 saturated carbocycles. The van der Waals surface area contributed by atoms with Crippen LogP contribution in [-0.2, 0) is 6.42 Å². The first-order valence-electron chi connectivity index (χ1n) is 8.42. The van der Waals surface area contributed by atoms with E-state index < -0.39 is 0 Å². The monoisotopic (exact) mass is 360 g/mol. The summed E-state index contributed by atoms with van der Waals surface area (Å²) in [5, 5.41) is 6.94. The number of anilines is 1. The average Bonchev–Trinajstić information content (AvgIpc) is 2.60. The van der Waals surface area contributed by atoms with Crippen LogP contribution in [0.25, 0.3) is 0 Å². The highest BCUT2D eigenvalue weighted by molar-refractivity contribution is 6.30. The van der Waals surface area contributed by atoms with Crippen LogP contribution >= 0.6 is 11.6 Å². The molecule has 0 bridgehead atoms. The van der Waals surface area contributed by atoms with Crippen LogP contribution in [0.4, 0.5) is 5.69 Å². The zero-order valence-electron chi connectivity index (χ0n) is 14.8. The zero-order chi connectivity index (χ0) is 18.1. The number of amides is 1. The highest BCUT2D eigenvalue weighted by atomic mass is 35.5. The molecule has 2 N–H and O–H groups in total. The number of hydrogen-bond acceptors (Lipinski definition) is 4. The Hall–Kier alpha value is -2.11. The van der Waals surface area contributed by atoms with Gasteiger partial charge in [-0.15, -0.1) is 0 Å². The van der Waals surface area contributed by atoms with Crippen LogP contribution in [0.5, 0.6) is 0 Å². The van der Waals surface area contributed by atoms with Crippen LogP contribution in [0.1, 0.15) is 22.5 Å². The van der Waals surface area contributed by atoms with E-state index in [2.05, 4.69) is 34.6 Å². The molecule has 1 aromatic carbocycles. The van der Waals surface area contributed by atoms with Gasteiger partial charge in [-0.25, -0.2) is 0 Å². The van der Waals surface area contributed by atoms with E-state index in [-0.39, 0.29) is 5.91 Å². The van der Waals surface area contributed by atoms with Gasteiger partial charge in [-0.2, -0.15) is 0 Å². The molecule has 0 atom stereocenters. The van der Waals surface area contributed by atoms with Crippen LogP contribution in [0.15, 0.2) is 42.6 Å². The summed E-state index contributed by atoms with van der Waals surface area (Å²) in [7, 11) is 4.11. The van der Waals surface area contributed by atoms with Gasteiger partial charge in [0.15, 0.2) is 0 Å². The first-order chi connectivity index (χ1) is 12.0. The molecule has 0 spiro atoms. The van der Waals surface area contributed by atoms with Gasteiger partial charge in [0.25, 0.3) is 5.91 Å². The second kappa shape index (κ2) is 10.0. The molecular formula is C19H25ClN4O. The Morgan fingerprint density at radius 1 is 1.16 bits per heavy atom. The van der Waals surface area contributed by atoms with Gasteiger partial charge < -0.3 is 15.5 Å². The van der Waals surface area contributed by atoms with Crippen molar-refractivity contribution in [1.82, 2.24) is 15.2 Å². The van der Waals surface area contributed by atoms with Gasteiger partial charge in [-0.05, 0) is 63.3 Å². The number of nitrogens with one attached hydrogen (secondary N) is 2. The SMILES string of the molecule is CN(C)CCCNc1ccnc(C(=O)NCCc2ccc(Cl)cc2)c1. The molecule has 6 heteroatoms. The fourth-order valence-electron chi connectivity index (χ4n) is 2.35. The number of aromatic nitrogens is 1. The Morgan fingerprint density at radius 2 is 1.92 bits per heavy atom. The summed E-state index contributed by atoms with van der Waals surface area (Å²) in [5.41, 5.74) is 2.47. The molecule has 1 amide bonds. The van der Waals surface area contributed by atoms with Crippen molar-refractivity contribution in [3.63, 3.8) is 0 Å². The van der Waals surface area contributed by atoms with Gasteiger partial charge in [0.1, 0.15) is 5.69 Å². The van der Waals surface area contributed by atoms with E-state index in [1.165, 1.54) is 0 Å². The molecular weight excluding hydrogens is 336 g/mol. The molecule has 0 aliphatic heterocycles. The molecule has 0 aliphatic carbocycles. The topological polar surface area (TPSA) is 57.3 Å². The number of rotatable bonds is 9. The van der Waals surface area contributed by atoms with Crippen molar-refractivity contribution in [2.75, 3.05) is 39.0 Å². The third-order valence-corrected chi connectivity index (χ3v) is 3.97. The maximum absolute atomic E-state index is 12.2. The molecule has 134 valence electrons. The van der Waals surface area contributed by atoms with Gasteiger partial charge in [-0.3, -0.25) is 9.78 Å². The van der Waals surface area contributed by atoms with Gasteiger partial charge in [-0.1, -0.05) is 23.7 Å². The fraction of sp³-hybridized carbons (Fsp3) is 0.368. The number of carbonyl (C=O) groups is 1.